The van der Waals surface area contributed by atoms with Crippen LogP contribution in [0.15, 0.2) is 24.3 Å². The van der Waals surface area contributed by atoms with Gasteiger partial charge in [-0.15, -0.1) is 0 Å². The van der Waals surface area contributed by atoms with Gasteiger partial charge in [0.1, 0.15) is 5.82 Å². The lowest BCUT2D eigenvalue weighted by Crippen LogP contribution is -2.17. The van der Waals surface area contributed by atoms with Crippen molar-refractivity contribution in [3.63, 3.8) is 0 Å². The minimum absolute atomic E-state index is 0.237. The Balaban J connectivity index is 2.10. The fraction of sp³-hybridized carbons (Fsp3) is 0.400. The average Bonchev–Trinajstić information content (AvgIpc) is 2.20. The molecule has 13 heavy (non-hydrogen) atoms. The van der Waals surface area contributed by atoms with Crippen LogP contribution in [0, 0.1) is 5.82 Å². The van der Waals surface area contributed by atoms with E-state index in [1.807, 2.05) is 0 Å². The van der Waals surface area contributed by atoms with Gasteiger partial charge in [0.25, 0.3) is 0 Å². The van der Waals surface area contributed by atoms with E-state index in [1.165, 1.54) is 12.1 Å². The molecule has 0 amide bonds. The van der Waals surface area contributed by atoms with Crippen molar-refractivity contribution in [2.24, 2.45) is 0 Å². The van der Waals surface area contributed by atoms with Crippen LogP contribution in [0.2, 0.25) is 0 Å². The smallest absolute Gasteiger partial charge is 0.183 e. The number of rotatable bonds is 1. The summed E-state index contributed by atoms with van der Waals surface area (Å²) in [6.45, 7) is 1.42. The van der Waals surface area contributed by atoms with Gasteiger partial charge >= 0.3 is 0 Å². The van der Waals surface area contributed by atoms with Gasteiger partial charge in [-0.25, -0.2) is 4.39 Å². The summed E-state index contributed by atoms with van der Waals surface area (Å²) in [5.74, 6) is -0.237. The van der Waals surface area contributed by atoms with Gasteiger partial charge < -0.3 is 9.47 Å². The first kappa shape index (κ1) is 8.66. The molecule has 70 valence electrons. The summed E-state index contributed by atoms with van der Waals surface area (Å²) in [6.07, 6.45) is 0.617. The first-order valence-electron chi connectivity index (χ1n) is 4.35. The molecule has 1 heterocycles. The molecule has 0 aliphatic carbocycles. The van der Waals surface area contributed by atoms with Gasteiger partial charge in [0.15, 0.2) is 6.29 Å². The monoisotopic (exact) mass is 182 g/mol. The maximum absolute atomic E-state index is 12.6. The van der Waals surface area contributed by atoms with Crippen LogP contribution in [0.3, 0.4) is 0 Å². The second kappa shape index (κ2) is 3.85. The summed E-state index contributed by atoms with van der Waals surface area (Å²) in [6, 6.07) is 6.20. The van der Waals surface area contributed by atoms with Crippen LogP contribution >= 0.6 is 0 Å². The first-order valence-corrected chi connectivity index (χ1v) is 4.35. The van der Waals surface area contributed by atoms with Crippen LogP contribution in [0.1, 0.15) is 18.3 Å². The summed E-state index contributed by atoms with van der Waals surface area (Å²) in [4.78, 5) is 0. The fourth-order valence-electron chi connectivity index (χ4n) is 1.30. The summed E-state index contributed by atoms with van der Waals surface area (Å²) >= 11 is 0. The molecule has 3 heteroatoms. The summed E-state index contributed by atoms with van der Waals surface area (Å²) in [7, 11) is 0. The molecule has 1 aliphatic rings. The molecular formula is C10H11FO2. The highest BCUT2D eigenvalue weighted by Gasteiger charge is 2.15. The molecule has 2 rings (SSSR count). The number of ether oxygens (including phenoxy) is 2. The maximum atomic E-state index is 12.6. The number of halogens is 1. The minimum atomic E-state index is -0.311. The Morgan fingerprint density at radius 3 is 2.31 bits per heavy atom. The molecule has 1 aromatic rings. The van der Waals surface area contributed by atoms with Crippen molar-refractivity contribution in [1.29, 1.82) is 0 Å². The van der Waals surface area contributed by atoms with Gasteiger partial charge in [-0.1, -0.05) is 12.1 Å². The third-order valence-corrected chi connectivity index (χ3v) is 1.97. The Morgan fingerprint density at radius 1 is 1.08 bits per heavy atom. The molecule has 0 aromatic heterocycles. The van der Waals surface area contributed by atoms with Crippen LogP contribution < -0.4 is 0 Å². The summed E-state index contributed by atoms with van der Waals surface area (Å²) in [5.41, 5.74) is 0.876. The van der Waals surface area contributed by atoms with Crippen molar-refractivity contribution >= 4 is 0 Å². The Bertz CT molecular complexity index is 265. The molecule has 1 aromatic carbocycles. The van der Waals surface area contributed by atoms with Crippen LogP contribution in [-0.2, 0) is 9.47 Å². The molecule has 0 atom stereocenters. The largest absolute Gasteiger partial charge is 0.348 e. The second-order valence-electron chi connectivity index (χ2n) is 2.98. The van der Waals surface area contributed by atoms with E-state index in [4.69, 9.17) is 9.47 Å². The van der Waals surface area contributed by atoms with E-state index in [-0.39, 0.29) is 12.1 Å². The highest BCUT2D eigenvalue weighted by Crippen LogP contribution is 2.22. The van der Waals surface area contributed by atoms with Gasteiger partial charge in [-0.2, -0.15) is 0 Å². The summed E-state index contributed by atoms with van der Waals surface area (Å²) < 4.78 is 23.3. The highest BCUT2D eigenvalue weighted by atomic mass is 19.1. The molecule has 0 bridgehead atoms. The van der Waals surface area contributed by atoms with Crippen molar-refractivity contribution in [2.75, 3.05) is 13.2 Å². The number of hydrogen-bond acceptors (Lipinski definition) is 2. The molecule has 1 fully saturated rings. The van der Waals surface area contributed by atoms with E-state index >= 15 is 0 Å². The molecule has 2 nitrogen and oxygen atoms in total. The zero-order valence-corrected chi connectivity index (χ0v) is 7.20. The van der Waals surface area contributed by atoms with E-state index in [0.29, 0.717) is 13.2 Å². The van der Waals surface area contributed by atoms with E-state index in [1.54, 1.807) is 12.1 Å². The Hall–Kier alpha value is -0.930. The van der Waals surface area contributed by atoms with Crippen LogP contribution in [0.25, 0.3) is 0 Å². The molecule has 0 saturated carbocycles. The molecule has 0 unspecified atom stereocenters. The van der Waals surface area contributed by atoms with Crippen molar-refractivity contribution in [3.05, 3.63) is 35.6 Å². The van der Waals surface area contributed by atoms with Gasteiger partial charge in [0.2, 0.25) is 0 Å². The van der Waals surface area contributed by atoms with E-state index < -0.39 is 0 Å². The Kier molecular flexibility index (Phi) is 2.57. The quantitative estimate of drug-likeness (QED) is 0.663. The summed E-state index contributed by atoms with van der Waals surface area (Å²) in [5, 5.41) is 0. The third kappa shape index (κ3) is 2.05. The molecule has 0 N–H and O–H groups in total. The maximum Gasteiger partial charge on any atom is 0.183 e. The van der Waals surface area contributed by atoms with Gasteiger partial charge in [-0.3, -0.25) is 0 Å². The molecule has 1 aliphatic heterocycles. The lowest BCUT2D eigenvalue weighted by molar-refractivity contribution is -0.183. The zero-order valence-electron chi connectivity index (χ0n) is 7.20. The van der Waals surface area contributed by atoms with Gasteiger partial charge in [0.05, 0.1) is 13.2 Å². The molecule has 0 radical (unpaired) electrons. The van der Waals surface area contributed by atoms with Gasteiger partial charge in [0, 0.05) is 5.56 Å². The molecule has 0 spiro atoms. The third-order valence-electron chi connectivity index (χ3n) is 1.97. The topological polar surface area (TPSA) is 18.5 Å². The van der Waals surface area contributed by atoms with Crippen molar-refractivity contribution in [1.82, 2.24) is 0 Å². The van der Waals surface area contributed by atoms with Crippen molar-refractivity contribution in [2.45, 2.75) is 12.7 Å². The SMILES string of the molecule is Fc1ccc(C2OCCCO2)cc1. The highest BCUT2D eigenvalue weighted by molar-refractivity contribution is 5.17. The van der Waals surface area contributed by atoms with Gasteiger partial charge in [-0.05, 0) is 18.6 Å². The van der Waals surface area contributed by atoms with Crippen molar-refractivity contribution in [3.8, 4) is 0 Å². The standard InChI is InChI=1S/C10H11FO2/c11-9-4-2-8(3-5-9)10-12-6-1-7-13-10/h2-5,10H,1,6-7H2. The normalized spacial score (nSPS) is 18.8. The lowest BCUT2D eigenvalue weighted by atomic mass is 10.2. The molecular weight excluding hydrogens is 171 g/mol. The van der Waals surface area contributed by atoms with Crippen LogP contribution in [0.4, 0.5) is 4.39 Å². The Morgan fingerprint density at radius 2 is 1.69 bits per heavy atom. The second-order valence-corrected chi connectivity index (χ2v) is 2.98. The lowest BCUT2D eigenvalue weighted by Gasteiger charge is -2.23. The van der Waals surface area contributed by atoms with E-state index in [2.05, 4.69) is 0 Å². The van der Waals surface area contributed by atoms with E-state index in [9.17, 15) is 4.39 Å². The first-order chi connectivity index (χ1) is 6.36. The predicted molar refractivity (Wildman–Crippen MR) is 45.7 cm³/mol. The van der Waals surface area contributed by atoms with Crippen LogP contribution in [0.5, 0.6) is 0 Å². The van der Waals surface area contributed by atoms with Crippen LogP contribution in [-0.4, -0.2) is 13.2 Å². The predicted octanol–water partition coefficient (Wildman–Crippen LogP) is 2.26. The molecule has 1 saturated heterocycles. The number of benzene rings is 1. The minimum Gasteiger partial charge on any atom is -0.348 e. The zero-order chi connectivity index (χ0) is 9.10. The van der Waals surface area contributed by atoms with Crippen molar-refractivity contribution < 1.29 is 13.9 Å². The number of hydrogen-bond donors (Lipinski definition) is 0. The Labute approximate surface area is 76.3 Å². The van der Waals surface area contributed by atoms with E-state index in [0.717, 1.165) is 12.0 Å². The average molecular weight is 182 g/mol. The fourth-order valence-corrected chi connectivity index (χ4v) is 1.30.